The number of β-amino-alcohol motifs (C(OH)–C–C–N with tert-alkyl or cyclic N) is 1. The predicted molar refractivity (Wildman–Crippen MR) is 59.6 cm³/mol. The van der Waals surface area contributed by atoms with E-state index in [4.69, 9.17) is 5.11 Å². The molecule has 0 radical (unpaired) electrons. The molecule has 0 bridgehead atoms. The molecule has 1 unspecified atom stereocenters. The fourth-order valence-corrected chi connectivity index (χ4v) is 3.53. The molecule has 2 N–H and O–H groups in total. The number of hydrogen-bond acceptors (Lipinski definition) is 3. The topological polar surface area (TPSA) is 43.7 Å². The van der Waals surface area contributed by atoms with Gasteiger partial charge in [0.15, 0.2) is 0 Å². The minimum absolute atomic E-state index is 0.244. The molecule has 0 aromatic carbocycles. The zero-order valence-corrected chi connectivity index (χ0v) is 9.49. The van der Waals surface area contributed by atoms with Crippen molar-refractivity contribution < 1.29 is 10.2 Å². The lowest BCUT2D eigenvalue weighted by Crippen LogP contribution is -2.34. The molecule has 2 aliphatic rings. The summed E-state index contributed by atoms with van der Waals surface area (Å²) in [5.74, 6) is 0.448. The van der Waals surface area contributed by atoms with Gasteiger partial charge in [-0.2, -0.15) is 0 Å². The Morgan fingerprint density at radius 2 is 1.87 bits per heavy atom. The Balaban J connectivity index is 2.02. The van der Waals surface area contributed by atoms with Gasteiger partial charge in [-0.15, -0.1) is 0 Å². The molecule has 88 valence electrons. The van der Waals surface area contributed by atoms with Gasteiger partial charge in [-0.05, 0) is 18.3 Å². The van der Waals surface area contributed by atoms with Gasteiger partial charge in [0.05, 0.1) is 6.61 Å². The standard InChI is InChI=1S/C12H23NO2/c14-7-6-13-8-11(9-15)12(10-13)4-2-1-3-5-12/h11,14-15H,1-10H2. The number of aliphatic hydroxyl groups excluding tert-OH is 2. The number of aliphatic hydroxyl groups is 2. The third-order valence-electron chi connectivity index (χ3n) is 4.37. The first-order valence-electron chi connectivity index (χ1n) is 6.25. The van der Waals surface area contributed by atoms with Crippen LogP contribution in [0.25, 0.3) is 0 Å². The number of rotatable bonds is 3. The zero-order chi connectivity index (χ0) is 10.7. The van der Waals surface area contributed by atoms with Gasteiger partial charge >= 0.3 is 0 Å². The van der Waals surface area contributed by atoms with Gasteiger partial charge in [0.1, 0.15) is 0 Å². The van der Waals surface area contributed by atoms with Crippen molar-refractivity contribution >= 4 is 0 Å². The summed E-state index contributed by atoms with van der Waals surface area (Å²) in [7, 11) is 0. The second-order valence-corrected chi connectivity index (χ2v) is 5.26. The van der Waals surface area contributed by atoms with E-state index in [1.807, 2.05) is 0 Å². The number of nitrogens with zero attached hydrogens (tertiary/aromatic N) is 1. The van der Waals surface area contributed by atoms with Crippen molar-refractivity contribution in [2.24, 2.45) is 11.3 Å². The molecule has 1 aliphatic carbocycles. The summed E-state index contributed by atoms with van der Waals surface area (Å²) < 4.78 is 0. The van der Waals surface area contributed by atoms with E-state index in [2.05, 4.69) is 4.90 Å². The molecule has 0 amide bonds. The summed E-state index contributed by atoms with van der Waals surface area (Å²) >= 11 is 0. The van der Waals surface area contributed by atoms with Crippen LogP contribution in [-0.4, -0.2) is 48.0 Å². The highest BCUT2D eigenvalue weighted by atomic mass is 16.3. The van der Waals surface area contributed by atoms with E-state index in [0.29, 0.717) is 17.9 Å². The molecule has 2 fully saturated rings. The fourth-order valence-electron chi connectivity index (χ4n) is 3.53. The van der Waals surface area contributed by atoms with Gasteiger partial charge in [-0.1, -0.05) is 19.3 Å². The summed E-state index contributed by atoms with van der Waals surface area (Å²) in [6.07, 6.45) is 6.56. The van der Waals surface area contributed by atoms with E-state index < -0.39 is 0 Å². The molecule has 0 aromatic heterocycles. The third kappa shape index (κ3) is 2.19. The van der Waals surface area contributed by atoms with Crippen LogP contribution < -0.4 is 0 Å². The summed E-state index contributed by atoms with van der Waals surface area (Å²) in [4.78, 5) is 2.33. The number of hydrogen-bond donors (Lipinski definition) is 2. The van der Waals surface area contributed by atoms with Gasteiger partial charge in [-0.3, -0.25) is 0 Å². The van der Waals surface area contributed by atoms with Crippen molar-refractivity contribution in [3.8, 4) is 0 Å². The summed E-state index contributed by atoms with van der Waals surface area (Å²) in [6.45, 7) is 3.42. The summed E-state index contributed by atoms with van der Waals surface area (Å²) in [5.41, 5.74) is 0.377. The molecule has 1 heterocycles. The monoisotopic (exact) mass is 213 g/mol. The van der Waals surface area contributed by atoms with E-state index in [9.17, 15) is 5.11 Å². The summed E-state index contributed by atoms with van der Waals surface area (Å²) in [5, 5.41) is 18.4. The SMILES string of the molecule is OCCN1CC(CO)C2(CCCCC2)C1. The molecule has 1 aliphatic heterocycles. The first kappa shape index (κ1) is 11.4. The maximum Gasteiger partial charge on any atom is 0.0558 e. The highest BCUT2D eigenvalue weighted by Gasteiger charge is 2.45. The molecule has 2 rings (SSSR count). The highest BCUT2D eigenvalue weighted by Crippen LogP contribution is 2.47. The van der Waals surface area contributed by atoms with Gasteiger partial charge in [0, 0.05) is 32.2 Å². The Morgan fingerprint density at radius 3 is 2.47 bits per heavy atom. The molecule has 1 saturated carbocycles. The highest BCUT2D eigenvalue weighted by molar-refractivity contribution is 4.97. The van der Waals surface area contributed by atoms with E-state index in [-0.39, 0.29) is 6.61 Å². The van der Waals surface area contributed by atoms with Crippen LogP contribution in [0, 0.1) is 11.3 Å². The smallest absolute Gasteiger partial charge is 0.0558 e. The number of likely N-dealkylation sites (tertiary alicyclic amines) is 1. The first-order chi connectivity index (χ1) is 7.30. The van der Waals surface area contributed by atoms with Crippen LogP contribution in [0.5, 0.6) is 0 Å². The summed E-state index contributed by atoms with van der Waals surface area (Å²) in [6, 6.07) is 0. The van der Waals surface area contributed by atoms with Gasteiger partial charge in [0.25, 0.3) is 0 Å². The van der Waals surface area contributed by atoms with Gasteiger partial charge in [-0.25, -0.2) is 0 Å². The van der Waals surface area contributed by atoms with Crippen molar-refractivity contribution in [2.75, 3.05) is 32.8 Å². The van der Waals surface area contributed by atoms with Crippen molar-refractivity contribution in [1.82, 2.24) is 4.90 Å². The van der Waals surface area contributed by atoms with Crippen LogP contribution >= 0.6 is 0 Å². The molecule has 15 heavy (non-hydrogen) atoms. The van der Waals surface area contributed by atoms with Crippen molar-refractivity contribution in [3.63, 3.8) is 0 Å². The lowest BCUT2D eigenvalue weighted by Gasteiger charge is -2.37. The van der Waals surface area contributed by atoms with Crippen LogP contribution in [-0.2, 0) is 0 Å². The van der Waals surface area contributed by atoms with Crippen LogP contribution in [0.2, 0.25) is 0 Å². The third-order valence-corrected chi connectivity index (χ3v) is 4.37. The van der Waals surface area contributed by atoms with Crippen molar-refractivity contribution in [3.05, 3.63) is 0 Å². The Kier molecular flexibility index (Phi) is 3.65. The van der Waals surface area contributed by atoms with Crippen LogP contribution in [0.3, 0.4) is 0 Å². The average Bonchev–Trinajstić information content (AvgIpc) is 2.58. The van der Waals surface area contributed by atoms with Crippen LogP contribution in [0.1, 0.15) is 32.1 Å². The minimum atomic E-state index is 0.244. The Bertz CT molecular complexity index is 202. The fraction of sp³-hybridized carbons (Fsp3) is 1.00. The molecule has 1 saturated heterocycles. The molecule has 1 spiro atoms. The maximum atomic E-state index is 9.48. The zero-order valence-electron chi connectivity index (χ0n) is 9.49. The first-order valence-corrected chi connectivity index (χ1v) is 6.25. The van der Waals surface area contributed by atoms with E-state index >= 15 is 0 Å². The van der Waals surface area contributed by atoms with E-state index in [1.54, 1.807) is 0 Å². The Morgan fingerprint density at radius 1 is 1.13 bits per heavy atom. The van der Waals surface area contributed by atoms with Crippen molar-refractivity contribution in [1.29, 1.82) is 0 Å². The Hall–Kier alpha value is -0.120. The van der Waals surface area contributed by atoms with Crippen LogP contribution in [0.15, 0.2) is 0 Å². The van der Waals surface area contributed by atoms with Gasteiger partial charge < -0.3 is 15.1 Å². The molecule has 3 nitrogen and oxygen atoms in total. The lowest BCUT2D eigenvalue weighted by molar-refractivity contribution is 0.0912. The van der Waals surface area contributed by atoms with E-state index in [1.165, 1.54) is 32.1 Å². The van der Waals surface area contributed by atoms with E-state index in [0.717, 1.165) is 19.6 Å². The second kappa shape index (κ2) is 4.81. The largest absolute Gasteiger partial charge is 0.396 e. The second-order valence-electron chi connectivity index (χ2n) is 5.26. The maximum absolute atomic E-state index is 9.48. The minimum Gasteiger partial charge on any atom is -0.396 e. The lowest BCUT2D eigenvalue weighted by atomic mass is 9.68. The quantitative estimate of drug-likeness (QED) is 0.730. The predicted octanol–water partition coefficient (Wildman–Crippen LogP) is 0.853. The van der Waals surface area contributed by atoms with Crippen molar-refractivity contribution in [2.45, 2.75) is 32.1 Å². The molecular formula is C12H23NO2. The normalized spacial score (nSPS) is 31.2. The molecule has 0 aromatic rings. The molecule has 3 heteroatoms. The average molecular weight is 213 g/mol. The molecular weight excluding hydrogens is 190 g/mol. The Labute approximate surface area is 92.1 Å². The van der Waals surface area contributed by atoms with Crippen LogP contribution in [0.4, 0.5) is 0 Å². The van der Waals surface area contributed by atoms with Gasteiger partial charge in [0.2, 0.25) is 0 Å². The molecule has 1 atom stereocenters.